The summed E-state index contributed by atoms with van der Waals surface area (Å²) in [4.78, 5) is 0.886. The molecule has 1 heterocycles. The van der Waals surface area contributed by atoms with Gasteiger partial charge in [0.15, 0.2) is 11.6 Å². The molecule has 18 heavy (non-hydrogen) atoms. The number of methoxy groups -OCH3 is 1. The van der Waals surface area contributed by atoms with Crippen LogP contribution in [0.4, 0.5) is 4.39 Å². The van der Waals surface area contributed by atoms with Crippen molar-refractivity contribution < 1.29 is 14.2 Å². The fourth-order valence-electron chi connectivity index (χ4n) is 1.90. The molecule has 1 atom stereocenters. The van der Waals surface area contributed by atoms with Crippen molar-refractivity contribution in [1.29, 1.82) is 0 Å². The summed E-state index contributed by atoms with van der Waals surface area (Å²) in [7, 11) is 1.43. The van der Waals surface area contributed by atoms with E-state index in [4.69, 9.17) is 4.74 Å². The molecule has 0 aliphatic carbocycles. The summed E-state index contributed by atoms with van der Waals surface area (Å²) in [5.74, 6) is -0.184. The minimum atomic E-state index is -0.674. The minimum Gasteiger partial charge on any atom is -0.494 e. The molecule has 1 aromatic heterocycles. The minimum absolute atomic E-state index is 0.211. The van der Waals surface area contributed by atoms with E-state index < -0.39 is 11.9 Å². The lowest BCUT2D eigenvalue weighted by atomic mass is 10.0. The van der Waals surface area contributed by atoms with Crippen LogP contribution in [0.25, 0.3) is 0 Å². The number of ether oxygens (including phenoxy) is 1. The van der Waals surface area contributed by atoms with E-state index in [1.165, 1.54) is 18.4 Å². The Morgan fingerprint density at radius 1 is 1.39 bits per heavy atom. The van der Waals surface area contributed by atoms with Gasteiger partial charge in [0, 0.05) is 11.3 Å². The van der Waals surface area contributed by atoms with Gasteiger partial charge in [-0.2, -0.15) is 0 Å². The van der Waals surface area contributed by atoms with Crippen molar-refractivity contribution in [3.63, 3.8) is 0 Å². The standard InChI is InChI=1S/C14H15FO2S/c1-9-6-7-18-14(9)11(16)8-10-4-3-5-12(17-2)13(10)15/h3-7,11,16H,8H2,1-2H3. The SMILES string of the molecule is COc1cccc(CC(O)c2sccc2C)c1F. The smallest absolute Gasteiger partial charge is 0.168 e. The zero-order valence-corrected chi connectivity index (χ0v) is 11.1. The molecule has 0 amide bonds. The van der Waals surface area contributed by atoms with Gasteiger partial charge in [0.1, 0.15) is 0 Å². The number of halogens is 1. The molecule has 1 unspecified atom stereocenters. The summed E-state index contributed by atoms with van der Waals surface area (Å²) in [6, 6.07) is 6.92. The number of aliphatic hydroxyl groups excluding tert-OH is 1. The number of thiophene rings is 1. The van der Waals surface area contributed by atoms with E-state index in [1.807, 2.05) is 18.4 Å². The first kappa shape index (κ1) is 13.1. The first-order valence-corrected chi connectivity index (χ1v) is 6.55. The molecule has 0 saturated heterocycles. The number of hydrogen-bond acceptors (Lipinski definition) is 3. The van der Waals surface area contributed by atoms with Crippen molar-refractivity contribution in [3.8, 4) is 5.75 Å². The van der Waals surface area contributed by atoms with Crippen LogP contribution in [0.5, 0.6) is 5.75 Å². The summed E-state index contributed by atoms with van der Waals surface area (Å²) in [5.41, 5.74) is 1.51. The average Bonchev–Trinajstić information content (AvgIpc) is 2.78. The second-order valence-corrected chi connectivity index (χ2v) is 5.07. The van der Waals surface area contributed by atoms with E-state index in [2.05, 4.69) is 0 Å². The second-order valence-electron chi connectivity index (χ2n) is 4.12. The number of benzene rings is 1. The first-order chi connectivity index (χ1) is 8.63. The van der Waals surface area contributed by atoms with Crippen molar-refractivity contribution in [3.05, 3.63) is 51.5 Å². The van der Waals surface area contributed by atoms with Gasteiger partial charge in [-0.05, 0) is 35.6 Å². The molecular formula is C14H15FO2S. The quantitative estimate of drug-likeness (QED) is 0.918. The third-order valence-electron chi connectivity index (χ3n) is 2.88. The van der Waals surface area contributed by atoms with Gasteiger partial charge in [-0.1, -0.05) is 12.1 Å². The van der Waals surface area contributed by atoms with Crippen molar-refractivity contribution in [1.82, 2.24) is 0 Å². The van der Waals surface area contributed by atoms with Gasteiger partial charge in [0.25, 0.3) is 0 Å². The van der Waals surface area contributed by atoms with Crippen molar-refractivity contribution in [2.45, 2.75) is 19.4 Å². The predicted molar refractivity (Wildman–Crippen MR) is 70.7 cm³/mol. The average molecular weight is 266 g/mol. The maximum atomic E-state index is 13.9. The summed E-state index contributed by atoms with van der Waals surface area (Å²) in [5, 5.41) is 12.1. The Morgan fingerprint density at radius 3 is 2.78 bits per heavy atom. The van der Waals surface area contributed by atoms with Crippen LogP contribution in [-0.2, 0) is 6.42 Å². The highest BCUT2D eigenvalue weighted by molar-refractivity contribution is 7.10. The lowest BCUT2D eigenvalue weighted by Gasteiger charge is -2.12. The Kier molecular flexibility index (Phi) is 3.99. The summed E-state index contributed by atoms with van der Waals surface area (Å²) in [6.45, 7) is 1.94. The van der Waals surface area contributed by atoms with E-state index in [1.54, 1.807) is 18.2 Å². The van der Waals surface area contributed by atoms with Crippen LogP contribution in [0.1, 0.15) is 22.1 Å². The third kappa shape index (κ3) is 2.54. The summed E-state index contributed by atoms with van der Waals surface area (Å²) >= 11 is 1.49. The molecule has 0 aliphatic rings. The van der Waals surface area contributed by atoms with Gasteiger partial charge in [-0.15, -0.1) is 11.3 Å². The number of rotatable bonds is 4. The molecule has 2 rings (SSSR count). The lowest BCUT2D eigenvalue weighted by molar-refractivity contribution is 0.180. The highest BCUT2D eigenvalue weighted by Gasteiger charge is 2.16. The largest absolute Gasteiger partial charge is 0.494 e. The molecule has 2 nitrogen and oxygen atoms in total. The Morgan fingerprint density at radius 2 is 2.17 bits per heavy atom. The molecule has 4 heteroatoms. The molecule has 96 valence electrons. The molecule has 0 saturated carbocycles. The maximum Gasteiger partial charge on any atom is 0.168 e. The third-order valence-corrected chi connectivity index (χ3v) is 4.00. The normalized spacial score (nSPS) is 12.4. The van der Waals surface area contributed by atoms with Crippen molar-refractivity contribution >= 4 is 11.3 Å². The van der Waals surface area contributed by atoms with Gasteiger partial charge >= 0.3 is 0 Å². The van der Waals surface area contributed by atoms with Crippen LogP contribution in [-0.4, -0.2) is 12.2 Å². The van der Waals surface area contributed by atoms with Crippen LogP contribution >= 0.6 is 11.3 Å². The zero-order valence-electron chi connectivity index (χ0n) is 10.3. The molecule has 1 N–H and O–H groups in total. The Balaban J connectivity index is 2.22. The summed E-state index contributed by atoms with van der Waals surface area (Å²) < 4.78 is 18.9. The molecule has 0 aliphatic heterocycles. The monoisotopic (exact) mass is 266 g/mol. The molecule has 0 spiro atoms. The molecular weight excluding hydrogens is 251 g/mol. The second kappa shape index (κ2) is 5.50. The van der Waals surface area contributed by atoms with E-state index in [-0.39, 0.29) is 12.2 Å². The van der Waals surface area contributed by atoms with Crippen LogP contribution in [0.3, 0.4) is 0 Å². The topological polar surface area (TPSA) is 29.5 Å². The molecule has 0 fully saturated rings. The van der Waals surface area contributed by atoms with Gasteiger partial charge in [0.05, 0.1) is 13.2 Å². The number of aryl methyl sites for hydroxylation is 1. The lowest BCUT2D eigenvalue weighted by Crippen LogP contribution is -2.04. The molecule has 2 aromatic rings. The van der Waals surface area contributed by atoms with Gasteiger partial charge < -0.3 is 9.84 Å². The van der Waals surface area contributed by atoms with Crippen LogP contribution in [0.2, 0.25) is 0 Å². The molecule has 0 bridgehead atoms. The molecule has 0 radical (unpaired) electrons. The van der Waals surface area contributed by atoms with Gasteiger partial charge in [-0.25, -0.2) is 4.39 Å². The maximum absolute atomic E-state index is 13.9. The van der Waals surface area contributed by atoms with E-state index in [0.29, 0.717) is 5.56 Å². The Hall–Kier alpha value is -1.39. The summed E-state index contributed by atoms with van der Waals surface area (Å²) in [6.07, 6.45) is -0.420. The number of hydrogen-bond donors (Lipinski definition) is 1. The number of aliphatic hydroxyl groups is 1. The van der Waals surface area contributed by atoms with Crippen LogP contribution in [0, 0.1) is 12.7 Å². The van der Waals surface area contributed by atoms with E-state index in [0.717, 1.165) is 10.4 Å². The van der Waals surface area contributed by atoms with Crippen molar-refractivity contribution in [2.24, 2.45) is 0 Å². The fraction of sp³-hybridized carbons (Fsp3) is 0.286. The first-order valence-electron chi connectivity index (χ1n) is 5.67. The van der Waals surface area contributed by atoms with E-state index in [9.17, 15) is 9.50 Å². The van der Waals surface area contributed by atoms with Crippen molar-refractivity contribution in [2.75, 3.05) is 7.11 Å². The van der Waals surface area contributed by atoms with Crippen LogP contribution < -0.4 is 4.74 Å². The van der Waals surface area contributed by atoms with E-state index >= 15 is 0 Å². The predicted octanol–water partition coefficient (Wildman–Crippen LogP) is 3.48. The zero-order chi connectivity index (χ0) is 13.1. The fourth-order valence-corrected chi connectivity index (χ4v) is 2.81. The highest BCUT2D eigenvalue weighted by atomic mass is 32.1. The highest BCUT2D eigenvalue weighted by Crippen LogP contribution is 2.29. The Labute approximate surface area is 110 Å². The van der Waals surface area contributed by atoms with Crippen LogP contribution in [0.15, 0.2) is 29.6 Å². The Bertz CT molecular complexity index is 536. The molecule has 1 aromatic carbocycles. The van der Waals surface area contributed by atoms with Gasteiger partial charge in [0.2, 0.25) is 0 Å². The van der Waals surface area contributed by atoms with Gasteiger partial charge in [-0.3, -0.25) is 0 Å².